The third-order valence-corrected chi connectivity index (χ3v) is 4.87. The summed E-state index contributed by atoms with van der Waals surface area (Å²) in [5.74, 6) is 6.75. The van der Waals surface area contributed by atoms with Crippen LogP contribution in [0.15, 0.2) is 40.4 Å². The van der Waals surface area contributed by atoms with E-state index >= 15 is 0 Å². The highest BCUT2D eigenvalue weighted by Gasteiger charge is 2.24. The smallest absolute Gasteiger partial charge is 0.171 e. The lowest BCUT2D eigenvalue weighted by atomic mass is 10.1. The molecule has 26 heavy (non-hydrogen) atoms. The van der Waals surface area contributed by atoms with Crippen LogP contribution in [0.25, 0.3) is 0 Å². The van der Waals surface area contributed by atoms with E-state index in [1.165, 1.54) is 13.0 Å². The van der Waals surface area contributed by atoms with Crippen LogP contribution in [0.4, 0.5) is 0 Å². The van der Waals surface area contributed by atoms with Crippen LogP contribution in [-0.4, -0.2) is 47.6 Å². The lowest BCUT2D eigenvalue weighted by molar-refractivity contribution is 0.202. The maximum atomic E-state index is 10.3. The van der Waals surface area contributed by atoms with Crippen molar-refractivity contribution in [2.45, 2.75) is 38.9 Å². The average molecular weight is 353 g/mol. The number of azo groups is 1. The van der Waals surface area contributed by atoms with Gasteiger partial charge in [0, 0.05) is 37.0 Å². The Labute approximate surface area is 155 Å². The van der Waals surface area contributed by atoms with E-state index in [4.69, 9.17) is 0 Å². The number of phenols is 1. The van der Waals surface area contributed by atoms with Crippen LogP contribution in [0, 0.1) is 11.8 Å². The Balaban J connectivity index is 1.68. The molecule has 138 valence electrons. The second-order valence-corrected chi connectivity index (χ2v) is 6.79. The standard InChI is InChI=1S/C20H27N5O/c1-4-7-15-9-10-17(18(26)12-15)20-23-22-19(14-24(20)3)21-16-8-6-11-25(5-2)13-16/h9-10,12,14,16,20-21,26H,5-6,8,11,13H2,1-3H3/t16?,20-/m0/s1. The molecule has 2 N–H and O–H groups in total. The first-order valence-electron chi connectivity index (χ1n) is 9.20. The number of likely N-dealkylation sites (tertiary alicyclic amines) is 1. The van der Waals surface area contributed by atoms with Crippen LogP contribution in [0.5, 0.6) is 5.75 Å². The summed E-state index contributed by atoms with van der Waals surface area (Å²) in [6.45, 7) is 7.27. The van der Waals surface area contributed by atoms with Gasteiger partial charge in [-0.3, -0.25) is 0 Å². The molecule has 0 spiro atoms. The summed E-state index contributed by atoms with van der Waals surface area (Å²) in [6, 6.07) is 5.84. The minimum absolute atomic E-state index is 0.191. The molecule has 0 aromatic heterocycles. The third-order valence-electron chi connectivity index (χ3n) is 4.87. The molecular formula is C20H27N5O. The topological polar surface area (TPSA) is 63.5 Å². The van der Waals surface area contributed by atoms with E-state index in [1.54, 1.807) is 13.0 Å². The van der Waals surface area contributed by atoms with Gasteiger partial charge in [0.2, 0.25) is 0 Å². The molecule has 0 radical (unpaired) electrons. The number of hydrogen-bond donors (Lipinski definition) is 2. The minimum atomic E-state index is -0.331. The van der Waals surface area contributed by atoms with Gasteiger partial charge in [0.15, 0.2) is 12.0 Å². The van der Waals surface area contributed by atoms with Gasteiger partial charge < -0.3 is 20.2 Å². The molecule has 6 heteroatoms. The fraction of sp³-hybridized carbons (Fsp3) is 0.500. The van der Waals surface area contributed by atoms with Crippen molar-refractivity contribution in [1.29, 1.82) is 0 Å². The number of benzene rings is 1. The van der Waals surface area contributed by atoms with Crippen molar-refractivity contribution in [3.63, 3.8) is 0 Å². The van der Waals surface area contributed by atoms with Gasteiger partial charge in [-0.25, -0.2) is 0 Å². The van der Waals surface area contributed by atoms with E-state index < -0.39 is 0 Å². The molecule has 1 aromatic rings. The molecule has 1 unspecified atom stereocenters. The molecular weight excluding hydrogens is 326 g/mol. The second-order valence-electron chi connectivity index (χ2n) is 6.79. The first kappa shape index (κ1) is 18.3. The Bertz CT molecular complexity index is 761. The van der Waals surface area contributed by atoms with Gasteiger partial charge >= 0.3 is 0 Å². The predicted octanol–water partition coefficient (Wildman–Crippen LogP) is 3.03. The molecule has 2 heterocycles. The Kier molecular flexibility index (Phi) is 5.79. The zero-order chi connectivity index (χ0) is 18.5. The van der Waals surface area contributed by atoms with E-state index in [-0.39, 0.29) is 11.9 Å². The van der Waals surface area contributed by atoms with Gasteiger partial charge in [0.05, 0.1) is 0 Å². The van der Waals surface area contributed by atoms with Crippen LogP contribution in [0.1, 0.15) is 44.0 Å². The summed E-state index contributed by atoms with van der Waals surface area (Å²) in [5.41, 5.74) is 1.52. The Morgan fingerprint density at radius 2 is 2.23 bits per heavy atom. The number of rotatable bonds is 4. The largest absolute Gasteiger partial charge is 0.507 e. The van der Waals surface area contributed by atoms with Crippen molar-refractivity contribution in [3.8, 4) is 17.6 Å². The molecule has 0 bridgehead atoms. The molecule has 2 aliphatic rings. The van der Waals surface area contributed by atoms with Crippen molar-refractivity contribution in [2.24, 2.45) is 10.2 Å². The molecule has 1 fully saturated rings. The highest BCUT2D eigenvalue weighted by molar-refractivity contribution is 5.45. The fourth-order valence-corrected chi connectivity index (χ4v) is 3.49. The van der Waals surface area contributed by atoms with Crippen LogP contribution >= 0.6 is 0 Å². The fourth-order valence-electron chi connectivity index (χ4n) is 3.49. The quantitative estimate of drug-likeness (QED) is 0.817. The Hall–Kier alpha value is -2.52. The first-order chi connectivity index (χ1) is 12.6. The number of likely N-dealkylation sites (N-methyl/N-ethyl adjacent to an activating group) is 1. The molecule has 6 nitrogen and oxygen atoms in total. The lowest BCUT2D eigenvalue weighted by Crippen LogP contribution is -2.45. The number of hydrogen-bond acceptors (Lipinski definition) is 6. The highest BCUT2D eigenvalue weighted by Crippen LogP contribution is 2.32. The summed E-state index contributed by atoms with van der Waals surface area (Å²) in [7, 11) is 1.95. The summed E-state index contributed by atoms with van der Waals surface area (Å²) in [5, 5.41) is 22.6. The molecule has 0 amide bonds. The van der Waals surface area contributed by atoms with Gasteiger partial charge in [-0.05, 0) is 51.1 Å². The van der Waals surface area contributed by atoms with Crippen molar-refractivity contribution in [2.75, 3.05) is 26.7 Å². The number of piperidine rings is 1. The lowest BCUT2D eigenvalue weighted by Gasteiger charge is -2.34. The SMILES string of the molecule is CC#Cc1ccc([C@H]2N=NC(NC3CCCN(CC)C3)=CN2C)c(O)c1. The number of nitrogens with zero attached hydrogens (tertiary/aromatic N) is 4. The van der Waals surface area contributed by atoms with Gasteiger partial charge in [-0.2, -0.15) is 5.11 Å². The molecule has 2 atom stereocenters. The van der Waals surface area contributed by atoms with Gasteiger partial charge in [-0.1, -0.05) is 12.8 Å². The zero-order valence-electron chi connectivity index (χ0n) is 15.7. The normalized spacial score (nSPS) is 23.2. The second kappa shape index (κ2) is 8.24. The summed E-state index contributed by atoms with van der Waals surface area (Å²) in [4.78, 5) is 4.42. The van der Waals surface area contributed by atoms with E-state index in [0.717, 1.165) is 36.5 Å². The van der Waals surface area contributed by atoms with Crippen LogP contribution in [0.2, 0.25) is 0 Å². The van der Waals surface area contributed by atoms with E-state index in [9.17, 15) is 5.11 Å². The molecule has 1 saturated heterocycles. The third kappa shape index (κ3) is 4.17. The van der Waals surface area contributed by atoms with Crippen LogP contribution in [0.3, 0.4) is 0 Å². The maximum absolute atomic E-state index is 10.3. The summed E-state index contributed by atoms with van der Waals surface area (Å²) < 4.78 is 0. The van der Waals surface area contributed by atoms with Crippen LogP contribution in [-0.2, 0) is 0 Å². The molecule has 1 aromatic carbocycles. The van der Waals surface area contributed by atoms with Gasteiger partial charge in [0.1, 0.15) is 5.75 Å². The Morgan fingerprint density at radius 1 is 1.38 bits per heavy atom. The van der Waals surface area contributed by atoms with Crippen molar-refractivity contribution in [3.05, 3.63) is 41.3 Å². The molecule has 3 rings (SSSR count). The number of aromatic hydroxyl groups is 1. The molecule has 2 aliphatic heterocycles. The predicted molar refractivity (Wildman–Crippen MR) is 102 cm³/mol. The highest BCUT2D eigenvalue weighted by atomic mass is 16.3. The van der Waals surface area contributed by atoms with E-state index in [2.05, 4.69) is 39.2 Å². The first-order valence-corrected chi connectivity index (χ1v) is 9.20. The van der Waals surface area contributed by atoms with Crippen molar-refractivity contribution in [1.82, 2.24) is 15.1 Å². The number of nitrogens with one attached hydrogen (secondary N) is 1. The van der Waals surface area contributed by atoms with Gasteiger partial charge in [-0.15, -0.1) is 11.0 Å². The maximum Gasteiger partial charge on any atom is 0.171 e. The minimum Gasteiger partial charge on any atom is -0.507 e. The van der Waals surface area contributed by atoms with Crippen molar-refractivity contribution >= 4 is 0 Å². The number of phenolic OH excluding ortho intramolecular Hbond substituents is 1. The zero-order valence-corrected chi connectivity index (χ0v) is 15.7. The monoisotopic (exact) mass is 353 g/mol. The molecule has 0 saturated carbocycles. The van der Waals surface area contributed by atoms with Gasteiger partial charge in [0.25, 0.3) is 0 Å². The summed E-state index contributed by atoms with van der Waals surface area (Å²) >= 11 is 0. The Morgan fingerprint density at radius 3 is 2.92 bits per heavy atom. The molecule has 0 aliphatic carbocycles. The van der Waals surface area contributed by atoms with E-state index in [1.807, 2.05) is 30.3 Å². The van der Waals surface area contributed by atoms with Crippen LogP contribution < -0.4 is 5.32 Å². The van der Waals surface area contributed by atoms with Crippen molar-refractivity contribution < 1.29 is 5.11 Å². The average Bonchev–Trinajstić information content (AvgIpc) is 2.63. The van der Waals surface area contributed by atoms with E-state index in [0.29, 0.717) is 6.04 Å². The summed E-state index contributed by atoms with van der Waals surface area (Å²) in [6.07, 6.45) is 3.98.